The van der Waals surface area contributed by atoms with Crippen LogP contribution in [0.4, 0.5) is 5.82 Å². The smallest absolute Gasteiger partial charge is 0.129 e. The molecule has 0 aromatic carbocycles. The molecule has 1 aromatic heterocycles. The van der Waals surface area contributed by atoms with E-state index in [9.17, 15) is 0 Å². The molecule has 0 amide bonds. The van der Waals surface area contributed by atoms with Gasteiger partial charge in [-0.3, -0.25) is 0 Å². The van der Waals surface area contributed by atoms with Crippen LogP contribution in [0.2, 0.25) is 0 Å². The van der Waals surface area contributed by atoms with Crippen LogP contribution in [0.1, 0.15) is 51.3 Å². The van der Waals surface area contributed by atoms with Crippen molar-refractivity contribution in [3.05, 3.63) is 23.4 Å². The highest BCUT2D eigenvalue weighted by Crippen LogP contribution is 2.28. The largest absolute Gasteiger partial charge is 0.370 e. The quantitative estimate of drug-likeness (QED) is 0.821. The van der Waals surface area contributed by atoms with Crippen molar-refractivity contribution in [2.24, 2.45) is 0 Å². The lowest BCUT2D eigenvalue weighted by Crippen LogP contribution is -2.18. The summed E-state index contributed by atoms with van der Waals surface area (Å²) in [5.74, 6) is 1.12. The van der Waals surface area contributed by atoms with Crippen molar-refractivity contribution in [2.45, 2.75) is 51.9 Å². The molecule has 16 heavy (non-hydrogen) atoms. The fraction of sp³-hybridized carbons (Fsp3) is 0.643. The second-order valence-electron chi connectivity index (χ2n) is 5.33. The van der Waals surface area contributed by atoms with Crippen molar-refractivity contribution in [1.29, 1.82) is 0 Å². The van der Waals surface area contributed by atoms with Crippen molar-refractivity contribution >= 4 is 5.82 Å². The van der Waals surface area contributed by atoms with Gasteiger partial charge in [0.05, 0.1) is 0 Å². The number of aromatic nitrogens is 1. The Hall–Kier alpha value is -1.05. The number of fused-ring (bicyclic) bond motifs is 1. The molecule has 1 aliphatic heterocycles. The first-order valence-corrected chi connectivity index (χ1v) is 6.38. The van der Waals surface area contributed by atoms with Crippen molar-refractivity contribution in [1.82, 2.24) is 4.98 Å². The van der Waals surface area contributed by atoms with E-state index in [2.05, 4.69) is 38.2 Å². The molecule has 0 spiro atoms. The van der Waals surface area contributed by atoms with Gasteiger partial charge in [0.2, 0.25) is 0 Å². The van der Waals surface area contributed by atoms with Crippen molar-refractivity contribution < 1.29 is 0 Å². The molecule has 0 aliphatic carbocycles. The summed E-state index contributed by atoms with van der Waals surface area (Å²) in [4.78, 5) is 4.80. The SMILES string of the molecule is CCC(C)(C)c1ccc2c(n1)NCCCC2. The second-order valence-corrected chi connectivity index (χ2v) is 5.33. The molecule has 2 heterocycles. The summed E-state index contributed by atoms with van der Waals surface area (Å²) in [5.41, 5.74) is 2.78. The van der Waals surface area contributed by atoms with Crippen LogP contribution in [-0.2, 0) is 11.8 Å². The lowest BCUT2D eigenvalue weighted by atomic mass is 9.86. The zero-order valence-electron chi connectivity index (χ0n) is 10.6. The first-order chi connectivity index (χ1) is 7.63. The third-order valence-corrected chi connectivity index (χ3v) is 3.72. The standard InChI is InChI=1S/C14H22N2/c1-4-14(2,3)12-9-8-11-7-5-6-10-15-13(11)16-12/h8-9H,4-7,10H2,1-3H3,(H,15,16). The molecule has 0 bridgehead atoms. The normalized spacial score (nSPS) is 16.2. The van der Waals surface area contributed by atoms with Gasteiger partial charge in [0.25, 0.3) is 0 Å². The maximum Gasteiger partial charge on any atom is 0.129 e. The summed E-state index contributed by atoms with van der Waals surface area (Å²) in [5, 5.41) is 3.45. The molecule has 1 aromatic rings. The molecule has 0 saturated carbocycles. The van der Waals surface area contributed by atoms with Crippen molar-refractivity contribution in [3.63, 3.8) is 0 Å². The third kappa shape index (κ3) is 2.21. The number of hydrogen-bond acceptors (Lipinski definition) is 2. The van der Waals surface area contributed by atoms with E-state index in [1.807, 2.05) is 0 Å². The van der Waals surface area contributed by atoms with Gasteiger partial charge in [-0.25, -0.2) is 4.98 Å². The van der Waals surface area contributed by atoms with Crippen LogP contribution < -0.4 is 5.32 Å². The van der Waals surface area contributed by atoms with E-state index in [-0.39, 0.29) is 5.41 Å². The number of nitrogens with zero attached hydrogens (tertiary/aromatic N) is 1. The summed E-state index contributed by atoms with van der Waals surface area (Å²) >= 11 is 0. The molecule has 1 aliphatic rings. The van der Waals surface area contributed by atoms with Gasteiger partial charge in [-0.05, 0) is 37.3 Å². The third-order valence-electron chi connectivity index (χ3n) is 3.72. The Morgan fingerprint density at radius 3 is 2.88 bits per heavy atom. The molecule has 0 atom stereocenters. The van der Waals surface area contributed by atoms with E-state index in [1.54, 1.807) is 0 Å². The predicted molar refractivity (Wildman–Crippen MR) is 69.0 cm³/mol. The second kappa shape index (κ2) is 4.44. The Morgan fingerprint density at radius 1 is 1.31 bits per heavy atom. The van der Waals surface area contributed by atoms with E-state index < -0.39 is 0 Å². The van der Waals surface area contributed by atoms with Crippen LogP contribution in [0.5, 0.6) is 0 Å². The molecule has 2 nitrogen and oxygen atoms in total. The molecular weight excluding hydrogens is 196 g/mol. The highest BCUT2D eigenvalue weighted by Gasteiger charge is 2.21. The Bertz CT molecular complexity index is 369. The fourth-order valence-electron chi connectivity index (χ4n) is 2.05. The number of anilines is 1. The van der Waals surface area contributed by atoms with Gasteiger partial charge in [-0.1, -0.05) is 26.8 Å². The van der Waals surface area contributed by atoms with Crippen molar-refractivity contribution in [3.8, 4) is 0 Å². The van der Waals surface area contributed by atoms with Crippen LogP contribution in [0.15, 0.2) is 12.1 Å². The summed E-state index contributed by atoms with van der Waals surface area (Å²) in [6, 6.07) is 4.46. The Kier molecular flexibility index (Phi) is 3.17. The zero-order chi connectivity index (χ0) is 11.6. The first kappa shape index (κ1) is 11.4. The van der Waals surface area contributed by atoms with Gasteiger partial charge >= 0.3 is 0 Å². The van der Waals surface area contributed by atoms with Crippen molar-refractivity contribution in [2.75, 3.05) is 11.9 Å². The number of pyridine rings is 1. The highest BCUT2D eigenvalue weighted by molar-refractivity contribution is 5.46. The molecule has 1 N–H and O–H groups in total. The molecule has 0 saturated heterocycles. The van der Waals surface area contributed by atoms with Crippen LogP contribution in [0.25, 0.3) is 0 Å². The van der Waals surface area contributed by atoms with E-state index in [0.717, 1.165) is 18.8 Å². The molecule has 2 rings (SSSR count). The van der Waals surface area contributed by atoms with Gasteiger partial charge in [0.1, 0.15) is 5.82 Å². The summed E-state index contributed by atoms with van der Waals surface area (Å²) < 4.78 is 0. The van der Waals surface area contributed by atoms with Crippen LogP contribution >= 0.6 is 0 Å². The summed E-state index contributed by atoms with van der Waals surface area (Å²) in [6.07, 6.45) is 4.82. The lowest BCUT2D eigenvalue weighted by Gasteiger charge is -2.23. The minimum Gasteiger partial charge on any atom is -0.370 e. The average molecular weight is 218 g/mol. The molecular formula is C14H22N2. The molecule has 88 valence electrons. The van der Waals surface area contributed by atoms with E-state index in [0.29, 0.717) is 0 Å². The first-order valence-electron chi connectivity index (χ1n) is 6.38. The highest BCUT2D eigenvalue weighted by atomic mass is 15.0. The lowest BCUT2D eigenvalue weighted by molar-refractivity contribution is 0.490. The van der Waals surface area contributed by atoms with Gasteiger partial charge in [-0.2, -0.15) is 0 Å². The zero-order valence-corrected chi connectivity index (χ0v) is 10.6. The Balaban J connectivity index is 2.34. The van der Waals surface area contributed by atoms with Crippen LogP contribution in [0.3, 0.4) is 0 Å². The van der Waals surface area contributed by atoms with Gasteiger partial charge in [0, 0.05) is 17.7 Å². The van der Waals surface area contributed by atoms with Crippen LogP contribution in [0, 0.1) is 0 Å². The van der Waals surface area contributed by atoms with Gasteiger partial charge in [-0.15, -0.1) is 0 Å². The number of nitrogens with one attached hydrogen (secondary N) is 1. The minimum absolute atomic E-state index is 0.184. The van der Waals surface area contributed by atoms with E-state index in [4.69, 9.17) is 4.98 Å². The fourth-order valence-corrected chi connectivity index (χ4v) is 2.05. The molecule has 2 heteroatoms. The molecule has 0 fully saturated rings. The molecule has 0 unspecified atom stereocenters. The van der Waals surface area contributed by atoms with E-state index >= 15 is 0 Å². The minimum atomic E-state index is 0.184. The van der Waals surface area contributed by atoms with Gasteiger partial charge < -0.3 is 5.32 Å². The van der Waals surface area contributed by atoms with E-state index in [1.165, 1.54) is 30.5 Å². The molecule has 0 radical (unpaired) electrons. The van der Waals surface area contributed by atoms with Gasteiger partial charge in [0.15, 0.2) is 0 Å². The predicted octanol–water partition coefficient (Wildman–Crippen LogP) is 3.52. The number of hydrogen-bond donors (Lipinski definition) is 1. The van der Waals surface area contributed by atoms with Crippen LogP contribution in [-0.4, -0.2) is 11.5 Å². The summed E-state index contributed by atoms with van der Waals surface area (Å²) in [7, 11) is 0. The maximum absolute atomic E-state index is 4.80. The number of rotatable bonds is 2. The Morgan fingerprint density at radius 2 is 2.12 bits per heavy atom. The Labute approximate surface area is 98.5 Å². The average Bonchev–Trinajstić information content (AvgIpc) is 2.53. The summed E-state index contributed by atoms with van der Waals surface area (Å²) in [6.45, 7) is 7.81. The monoisotopic (exact) mass is 218 g/mol. The maximum atomic E-state index is 4.80. The topological polar surface area (TPSA) is 24.9 Å². The number of aryl methyl sites for hydroxylation is 1.